The fourth-order valence-corrected chi connectivity index (χ4v) is 5.28. The summed E-state index contributed by atoms with van der Waals surface area (Å²) in [6.45, 7) is 5.67. The third-order valence-corrected chi connectivity index (χ3v) is 7.27. The zero-order chi connectivity index (χ0) is 20.5. The van der Waals surface area contributed by atoms with Crippen LogP contribution in [0.3, 0.4) is 0 Å². The fraction of sp³-hybridized carbons (Fsp3) is 0.263. The third-order valence-electron chi connectivity index (χ3n) is 4.27. The molecular formula is C19H20FN3O3S2. The normalized spacial score (nSPS) is 11.9. The highest BCUT2D eigenvalue weighted by Crippen LogP contribution is 2.26. The molecule has 0 radical (unpaired) electrons. The van der Waals surface area contributed by atoms with Crippen molar-refractivity contribution in [2.45, 2.75) is 25.7 Å². The van der Waals surface area contributed by atoms with E-state index in [9.17, 15) is 17.6 Å². The Morgan fingerprint density at radius 1 is 1.18 bits per heavy atom. The first-order chi connectivity index (χ1) is 13.3. The van der Waals surface area contributed by atoms with Crippen LogP contribution < -0.4 is 5.32 Å². The Labute approximate surface area is 167 Å². The quantitative estimate of drug-likeness (QED) is 0.652. The van der Waals surface area contributed by atoms with Gasteiger partial charge in [0, 0.05) is 24.3 Å². The molecule has 2 aromatic carbocycles. The van der Waals surface area contributed by atoms with Crippen LogP contribution in [0.5, 0.6) is 0 Å². The number of hydrogen-bond donors (Lipinski definition) is 1. The maximum atomic E-state index is 14.2. The number of nitrogens with one attached hydrogen (secondary N) is 1. The second-order valence-corrected chi connectivity index (χ2v) is 9.25. The molecule has 148 valence electrons. The molecule has 0 aliphatic rings. The van der Waals surface area contributed by atoms with E-state index in [-0.39, 0.29) is 18.7 Å². The monoisotopic (exact) mass is 421 g/mol. The molecule has 0 saturated carbocycles. The molecule has 0 bridgehead atoms. The van der Waals surface area contributed by atoms with E-state index < -0.39 is 26.6 Å². The van der Waals surface area contributed by atoms with Gasteiger partial charge in [-0.25, -0.2) is 17.8 Å². The van der Waals surface area contributed by atoms with Crippen LogP contribution in [0.15, 0.2) is 41.3 Å². The van der Waals surface area contributed by atoms with Gasteiger partial charge in [0.1, 0.15) is 10.7 Å². The lowest BCUT2D eigenvalue weighted by Gasteiger charge is -2.19. The number of sulfonamides is 1. The van der Waals surface area contributed by atoms with E-state index >= 15 is 0 Å². The van der Waals surface area contributed by atoms with E-state index in [0.29, 0.717) is 5.69 Å². The maximum Gasteiger partial charge on any atom is 0.255 e. The molecular weight excluding hydrogens is 401 g/mol. The standard InChI is InChI=1S/C19H20FN3O3S2/c1-4-23(5-2)28(25,26)18-10-13(6-8-15(18)20)19(24)22-14-7-9-16-17(11-14)27-12(3)21-16/h6-11H,4-5H2,1-3H3,(H,22,24). The van der Waals surface area contributed by atoms with E-state index in [1.165, 1.54) is 17.4 Å². The van der Waals surface area contributed by atoms with Crippen molar-refractivity contribution < 1.29 is 17.6 Å². The van der Waals surface area contributed by atoms with Crippen molar-refractivity contribution >= 4 is 43.2 Å². The molecule has 1 heterocycles. The van der Waals surface area contributed by atoms with Crippen LogP contribution in [-0.4, -0.2) is 36.7 Å². The summed E-state index contributed by atoms with van der Waals surface area (Å²) in [6.07, 6.45) is 0. The molecule has 0 spiro atoms. The van der Waals surface area contributed by atoms with Crippen LogP contribution in [0, 0.1) is 12.7 Å². The second kappa shape index (κ2) is 7.94. The number of thiazole rings is 1. The van der Waals surface area contributed by atoms with Crippen LogP contribution in [0.4, 0.5) is 10.1 Å². The summed E-state index contributed by atoms with van der Waals surface area (Å²) in [5, 5.41) is 3.64. The Morgan fingerprint density at radius 3 is 2.57 bits per heavy atom. The molecule has 28 heavy (non-hydrogen) atoms. The number of fused-ring (bicyclic) bond motifs is 1. The summed E-state index contributed by atoms with van der Waals surface area (Å²) in [7, 11) is -4.02. The summed E-state index contributed by atoms with van der Waals surface area (Å²) < 4.78 is 41.6. The van der Waals surface area contributed by atoms with Crippen LogP contribution in [0.2, 0.25) is 0 Å². The number of amides is 1. The first-order valence-electron chi connectivity index (χ1n) is 8.74. The molecule has 0 atom stereocenters. The van der Waals surface area contributed by atoms with Crippen molar-refractivity contribution in [3.63, 3.8) is 0 Å². The average molecular weight is 422 g/mol. The molecule has 0 fully saturated rings. The minimum Gasteiger partial charge on any atom is -0.322 e. The zero-order valence-corrected chi connectivity index (χ0v) is 17.3. The lowest BCUT2D eigenvalue weighted by molar-refractivity contribution is 0.102. The maximum absolute atomic E-state index is 14.2. The number of anilines is 1. The van der Waals surface area contributed by atoms with Crippen LogP contribution in [0.25, 0.3) is 10.2 Å². The van der Waals surface area contributed by atoms with E-state index in [2.05, 4.69) is 10.3 Å². The Bertz CT molecular complexity index is 1140. The van der Waals surface area contributed by atoms with Gasteiger partial charge >= 0.3 is 0 Å². The zero-order valence-electron chi connectivity index (χ0n) is 15.7. The van der Waals surface area contributed by atoms with Gasteiger partial charge in [0.25, 0.3) is 5.91 Å². The molecule has 0 saturated heterocycles. The molecule has 0 aliphatic carbocycles. The van der Waals surface area contributed by atoms with Gasteiger partial charge < -0.3 is 5.32 Å². The first kappa shape index (κ1) is 20.4. The SMILES string of the molecule is CCN(CC)S(=O)(=O)c1cc(C(=O)Nc2ccc3nc(C)sc3c2)ccc1F. The molecule has 3 aromatic rings. The first-order valence-corrected chi connectivity index (χ1v) is 11.0. The van der Waals surface area contributed by atoms with E-state index in [4.69, 9.17) is 0 Å². The van der Waals surface area contributed by atoms with Crippen molar-refractivity contribution in [1.82, 2.24) is 9.29 Å². The van der Waals surface area contributed by atoms with Gasteiger partial charge in [-0.1, -0.05) is 13.8 Å². The number of aromatic nitrogens is 1. The van der Waals surface area contributed by atoms with Crippen molar-refractivity contribution in [3.05, 3.63) is 52.8 Å². The number of halogens is 1. The van der Waals surface area contributed by atoms with E-state index in [1.807, 2.05) is 6.92 Å². The molecule has 9 heteroatoms. The van der Waals surface area contributed by atoms with E-state index in [0.717, 1.165) is 31.7 Å². The number of rotatable bonds is 6. The number of nitrogens with zero attached hydrogens (tertiary/aromatic N) is 2. The van der Waals surface area contributed by atoms with Crippen molar-refractivity contribution in [2.24, 2.45) is 0 Å². The van der Waals surface area contributed by atoms with Crippen molar-refractivity contribution in [3.8, 4) is 0 Å². The van der Waals surface area contributed by atoms with Gasteiger partial charge in [0.2, 0.25) is 10.0 Å². The Kier molecular flexibility index (Phi) is 5.78. The average Bonchev–Trinajstić information content (AvgIpc) is 3.02. The summed E-state index contributed by atoms with van der Waals surface area (Å²) in [5.41, 5.74) is 1.46. The minimum atomic E-state index is -4.02. The van der Waals surface area contributed by atoms with Crippen LogP contribution in [0.1, 0.15) is 29.2 Å². The van der Waals surface area contributed by atoms with Crippen molar-refractivity contribution in [1.29, 1.82) is 0 Å². The predicted molar refractivity (Wildman–Crippen MR) is 109 cm³/mol. The summed E-state index contributed by atoms with van der Waals surface area (Å²) in [4.78, 5) is 16.5. The Balaban J connectivity index is 1.91. The summed E-state index contributed by atoms with van der Waals surface area (Å²) in [5.74, 6) is -1.40. The molecule has 3 rings (SSSR count). The number of carbonyl (C=O) groups is 1. The smallest absolute Gasteiger partial charge is 0.255 e. The molecule has 1 N–H and O–H groups in total. The molecule has 1 aromatic heterocycles. The van der Waals surface area contributed by atoms with Crippen LogP contribution >= 0.6 is 11.3 Å². The van der Waals surface area contributed by atoms with Crippen LogP contribution in [-0.2, 0) is 10.0 Å². The van der Waals surface area contributed by atoms with Gasteiger partial charge in [0.15, 0.2) is 0 Å². The second-order valence-electron chi connectivity index (χ2n) is 6.10. The topological polar surface area (TPSA) is 79.4 Å². The highest BCUT2D eigenvalue weighted by Gasteiger charge is 2.26. The molecule has 6 nitrogen and oxygen atoms in total. The van der Waals surface area contributed by atoms with Gasteiger partial charge in [-0.05, 0) is 43.3 Å². The highest BCUT2D eigenvalue weighted by atomic mass is 32.2. The van der Waals surface area contributed by atoms with Gasteiger partial charge in [-0.2, -0.15) is 4.31 Å². The van der Waals surface area contributed by atoms with Gasteiger partial charge in [0.05, 0.1) is 15.2 Å². The van der Waals surface area contributed by atoms with Crippen molar-refractivity contribution in [2.75, 3.05) is 18.4 Å². The van der Waals surface area contributed by atoms with Gasteiger partial charge in [-0.3, -0.25) is 4.79 Å². The predicted octanol–water partition coefficient (Wildman–Crippen LogP) is 4.03. The number of carbonyl (C=O) groups excluding carboxylic acids is 1. The molecule has 1 amide bonds. The molecule has 0 aliphatic heterocycles. The lowest BCUT2D eigenvalue weighted by Crippen LogP contribution is -2.31. The summed E-state index contributed by atoms with van der Waals surface area (Å²) >= 11 is 1.51. The largest absolute Gasteiger partial charge is 0.322 e. The van der Waals surface area contributed by atoms with E-state index in [1.54, 1.807) is 32.0 Å². The highest BCUT2D eigenvalue weighted by molar-refractivity contribution is 7.89. The van der Waals surface area contributed by atoms with Gasteiger partial charge in [-0.15, -0.1) is 11.3 Å². The summed E-state index contributed by atoms with van der Waals surface area (Å²) in [6, 6.07) is 8.66. The third kappa shape index (κ3) is 3.91. The number of benzene rings is 2. The lowest BCUT2D eigenvalue weighted by atomic mass is 10.2. The fourth-order valence-electron chi connectivity index (χ4n) is 2.87. The Morgan fingerprint density at radius 2 is 1.89 bits per heavy atom. The molecule has 0 unspecified atom stereocenters. The Hall–Kier alpha value is -2.36. The minimum absolute atomic E-state index is 0.0627. The number of hydrogen-bond acceptors (Lipinski definition) is 5. The number of aryl methyl sites for hydroxylation is 1.